The van der Waals surface area contributed by atoms with Gasteiger partial charge in [-0.25, -0.2) is 17.2 Å². The summed E-state index contributed by atoms with van der Waals surface area (Å²) in [6, 6.07) is 11.4. The molecule has 180 valence electrons. The SMILES string of the molecule is CC(C)C(C(=O)N1CCN(S(=O)(=O)c2c(F)cccc2F)CC1)n1nnc(-c2ccccc2)n1. The summed E-state index contributed by atoms with van der Waals surface area (Å²) in [4.78, 5) is 15.2. The van der Waals surface area contributed by atoms with Crippen LogP contribution in [0.3, 0.4) is 0 Å². The van der Waals surface area contributed by atoms with Crippen LogP contribution in [0.1, 0.15) is 19.9 Å². The number of benzene rings is 2. The van der Waals surface area contributed by atoms with Gasteiger partial charge in [0, 0.05) is 31.7 Å². The first-order valence-corrected chi connectivity index (χ1v) is 12.2. The smallest absolute Gasteiger partial charge is 0.249 e. The van der Waals surface area contributed by atoms with E-state index in [0.717, 1.165) is 28.1 Å². The zero-order valence-electron chi connectivity index (χ0n) is 18.7. The Bertz CT molecular complexity index is 1250. The van der Waals surface area contributed by atoms with Crippen LogP contribution in [-0.2, 0) is 14.8 Å². The Morgan fingerprint density at radius 2 is 1.56 bits per heavy atom. The van der Waals surface area contributed by atoms with E-state index >= 15 is 0 Å². The zero-order valence-corrected chi connectivity index (χ0v) is 19.5. The summed E-state index contributed by atoms with van der Waals surface area (Å²) in [5, 5.41) is 12.5. The van der Waals surface area contributed by atoms with Crippen molar-refractivity contribution in [3.63, 3.8) is 0 Å². The number of carbonyl (C=O) groups is 1. The molecule has 1 fully saturated rings. The average molecular weight is 491 g/mol. The Labute approximate surface area is 196 Å². The van der Waals surface area contributed by atoms with Gasteiger partial charge in [0.05, 0.1) is 0 Å². The van der Waals surface area contributed by atoms with E-state index < -0.39 is 32.6 Å². The second-order valence-electron chi connectivity index (χ2n) is 8.27. The molecule has 0 aliphatic carbocycles. The van der Waals surface area contributed by atoms with Crippen molar-refractivity contribution in [2.75, 3.05) is 26.2 Å². The van der Waals surface area contributed by atoms with Crippen LogP contribution in [0.2, 0.25) is 0 Å². The van der Waals surface area contributed by atoms with E-state index in [1.165, 1.54) is 9.70 Å². The first kappa shape index (κ1) is 23.9. The number of carbonyl (C=O) groups excluding carboxylic acids is 1. The maximum Gasteiger partial charge on any atom is 0.249 e. The van der Waals surface area contributed by atoms with Crippen LogP contribution >= 0.6 is 0 Å². The van der Waals surface area contributed by atoms with Crippen molar-refractivity contribution in [3.05, 3.63) is 60.2 Å². The van der Waals surface area contributed by atoms with Crippen molar-refractivity contribution >= 4 is 15.9 Å². The number of aromatic nitrogens is 4. The Kier molecular flexibility index (Phi) is 6.71. The quantitative estimate of drug-likeness (QED) is 0.526. The van der Waals surface area contributed by atoms with Crippen LogP contribution in [-0.4, -0.2) is 69.9 Å². The topological polar surface area (TPSA) is 101 Å². The highest BCUT2D eigenvalue weighted by Gasteiger charge is 2.37. The van der Waals surface area contributed by atoms with Crippen molar-refractivity contribution in [1.82, 2.24) is 29.4 Å². The van der Waals surface area contributed by atoms with Gasteiger partial charge < -0.3 is 4.90 Å². The molecule has 1 aliphatic heterocycles. The molecule has 0 N–H and O–H groups in total. The number of rotatable bonds is 6. The first-order valence-electron chi connectivity index (χ1n) is 10.8. The van der Waals surface area contributed by atoms with Gasteiger partial charge in [-0.2, -0.15) is 9.10 Å². The predicted octanol–water partition coefficient (Wildman–Crippen LogP) is 2.35. The lowest BCUT2D eigenvalue weighted by Crippen LogP contribution is -2.52. The summed E-state index contributed by atoms with van der Waals surface area (Å²) < 4.78 is 54.8. The molecule has 12 heteroatoms. The van der Waals surface area contributed by atoms with E-state index in [1.54, 1.807) is 0 Å². The minimum Gasteiger partial charge on any atom is -0.338 e. The van der Waals surface area contributed by atoms with Crippen LogP contribution < -0.4 is 0 Å². The molecule has 0 bridgehead atoms. The monoisotopic (exact) mass is 490 g/mol. The molecule has 0 spiro atoms. The lowest BCUT2D eigenvalue weighted by atomic mass is 10.0. The van der Waals surface area contributed by atoms with Crippen molar-refractivity contribution in [2.45, 2.75) is 24.8 Å². The third kappa shape index (κ3) is 4.55. The molecule has 2 heterocycles. The second-order valence-corrected chi connectivity index (χ2v) is 10.1. The number of hydrogen-bond donors (Lipinski definition) is 0. The fraction of sp³-hybridized carbons (Fsp3) is 0.364. The fourth-order valence-corrected chi connectivity index (χ4v) is 5.42. The molecule has 9 nitrogen and oxygen atoms in total. The summed E-state index contributed by atoms with van der Waals surface area (Å²) in [6.07, 6.45) is 0. The molecule has 34 heavy (non-hydrogen) atoms. The molecular weight excluding hydrogens is 466 g/mol. The van der Waals surface area contributed by atoms with Crippen LogP contribution in [0.15, 0.2) is 53.4 Å². The minimum atomic E-state index is -4.38. The zero-order chi connectivity index (χ0) is 24.5. The van der Waals surface area contributed by atoms with Gasteiger partial charge in [0.15, 0.2) is 10.9 Å². The lowest BCUT2D eigenvalue weighted by molar-refractivity contribution is -0.138. The largest absolute Gasteiger partial charge is 0.338 e. The van der Waals surface area contributed by atoms with Gasteiger partial charge in [-0.05, 0) is 23.3 Å². The van der Waals surface area contributed by atoms with E-state index in [2.05, 4.69) is 15.4 Å². The Hall–Kier alpha value is -3.25. The highest BCUT2D eigenvalue weighted by atomic mass is 32.2. The molecule has 3 aromatic rings. The summed E-state index contributed by atoms with van der Waals surface area (Å²) in [5.41, 5.74) is 0.767. The van der Waals surface area contributed by atoms with E-state index in [4.69, 9.17) is 0 Å². The minimum absolute atomic E-state index is 0.0671. The highest BCUT2D eigenvalue weighted by Crippen LogP contribution is 2.25. The summed E-state index contributed by atoms with van der Waals surface area (Å²) >= 11 is 0. The normalized spacial score (nSPS) is 16.1. The number of amides is 1. The molecule has 0 radical (unpaired) electrons. The molecule has 1 aliphatic rings. The number of tetrazole rings is 1. The van der Waals surface area contributed by atoms with Gasteiger partial charge in [0.25, 0.3) is 0 Å². The van der Waals surface area contributed by atoms with E-state index in [1.807, 2.05) is 44.2 Å². The molecular formula is C22H24F2N6O3S. The highest BCUT2D eigenvalue weighted by molar-refractivity contribution is 7.89. The standard InChI is InChI=1S/C22H24F2N6O3S/c1-15(2)19(30-26-21(25-27-30)16-7-4-3-5-8-16)22(31)28-11-13-29(14-12-28)34(32,33)20-17(23)9-6-10-18(20)24/h3-10,15,19H,11-14H2,1-2H3. The summed E-state index contributed by atoms with van der Waals surface area (Å²) in [7, 11) is -4.38. The molecule has 1 amide bonds. The Morgan fingerprint density at radius 3 is 2.15 bits per heavy atom. The molecule has 4 rings (SSSR count). The van der Waals surface area contributed by atoms with Gasteiger partial charge >= 0.3 is 0 Å². The maximum atomic E-state index is 14.1. The average Bonchev–Trinajstić information content (AvgIpc) is 3.29. The van der Waals surface area contributed by atoms with Crippen LogP contribution in [0.25, 0.3) is 11.4 Å². The van der Waals surface area contributed by atoms with Gasteiger partial charge in [-0.15, -0.1) is 10.2 Å². The molecule has 1 unspecified atom stereocenters. The van der Waals surface area contributed by atoms with Crippen molar-refractivity contribution in [3.8, 4) is 11.4 Å². The first-order chi connectivity index (χ1) is 16.2. The number of hydrogen-bond acceptors (Lipinski definition) is 6. The molecule has 2 aromatic carbocycles. The van der Waals surface area contributed by atoms with Crippen molar-refractivity contribution in [2.24, 2.45) is 5.92 Å². The molecule has 1 aromatic heterocycles. The Balaban J connectivity index is 1.49. The number of nitrogens with zero attached hydrogens (tertiary/aromatic N) is 6. The lowest BCUT2D eigenvalue weighted by Gasteiger charge is -2.36. The van der Waals surface area contributed by atoms with Crippen LogP contribution in [0.4, 0.5) is 8.78 Å². The number of sulfonamides is 1. The van der Waals surface area contributed by atoms with Gasteiger partial charge in [-0.1, -0.05) is 50.2 Å². The van der Waals surface area contributed by atoms with Crippen LogP contribution in [0, 0.1) is 17.6 Å². The second kappa shape index (κ2) is 9.55. The van der Waals surface area contributed by atoms with Gasteiger partial charge in [0.2, 0.25) is 21.8 Å². The predicted molar refractivity (Wildman–Crippen MR) is 119 cm³/mol. The summed E-state index contributed by atoms with van der Waals surface area (Å²) in [5.74, 6) is -2.35. The third-order valence-electron chi connectivity index (χ3n) is 5.66. The molecule has 0 saturated carbocycles. The molecule has 1 atom stereocenters. The Morgan fingerprint density at radius 1 is 0.941 bits per heavy atom. The van der Waals surface area contributed by atoms with Gasteiger partial charge in [0.1, 0.15) is 11.6 Å². The van der Waals surface area contributed by atoms with E-state index in [9.17, 15) is 22.0 Å². The number of halogens is 2. The summed E-state index contributed by atoms with van der Waals surface area (Å²) in [6.45, 7) is 3.67. The fourth-order valence-electron chi connectivity index (χ4n) is 3.89. The van der Waals surface area contributed by atoms with E-state index in [0.29, 0.717) is 5.82 Å². The van der Waals surface area contributed by atoms with Gasteiger partial charge in [-0.3, -0.25) is 4.79 Å². The van der Waals surface area contributed by atoms with Crippen molar-refractivity contribution < 1.29 is 22.0 Å². The maximum absolute atomic E-state index is 14.1. The third-order valence-corrected chi connectivity index (χ3v) is 7.61. The van der Waals surface area contributed by atoms with Crippen molar-refractivity contribution in [1.29, 1.82) is 0 Å². The number of piperazine rings is 1. The van der Waals surface area contributed by atoms with E-state index in [-0.39, 0.29) is 38.0 Å². The van der Waals surface area contributed by atoms with Crippen LogP contribution in [0.5, 0.6) is 0 Å². The molecule has 1 saturated heterocycles.